The Balaban J connectivity index is 2.80. The molecule has 1 aromatic rings. The third-order valence-corrected chi connectivity index (χ3v) is 4.95. The van der Waals surface area contributed by atoms with Crippen LogP contribution in [0.2, 0.25) is 0 Å². The summed E-state index contributed by atoms with van der Waals surface area (Å²) < 4.78 is 0. The van der Waals surface area contributed by atoms with E-state index in [0.29, 0.717) is 12.0 Å². The predicted octanol–water partition coefficient (Wildman–Crippen LogP) is 6.66. The molecule has 3 nitrogen and oxygen atoms in total. The van der Waals surface area contributed by atoms with Crippen molar-refractivity contribution in [2.75, 3.05) is 17.3 Å². The van der Waals surface area contributed by atoms with Gasteiger partial charge in [0.1, 0.15) is 5.82 Å². The number of aryl methyl sites for hydroxylation is 1. The number of hydrogen-bond donors (Lipinski definition) is 1. The van der Waals surface area contributed by atoms with Gasteiger partial charge in [0.05, 0.1) is 0 Å². The molecule has 0 radical (unpaired) electrons. The Hall–Kier alpha value is -2.29. The molecule has 0 aliphatic rings. The van der Waals surface area contributed by atoms with Crippen molar-refractivity contribution in [2.24, 2.45) is 5.92 Å². The second-order valence-electron chi connectivity index (χ2n) is 7.18. The van der Waals surface area contributed by atoms with E-state index in [1.165, 1.54) is 16.8 Å². The van der Waals surface area contributed by atoms with Crippen LogP contribution in [0, 0.1) is 12.8 Å². The lowest BCUT2D eigenvalue weighted by Gasteiger charge is -2.20. The van der Waals surface area contributed by atoms with Crippen LogP contribution in [0.25, 0.3) is 0 Å². The van der Waals surface area contributed by atoms with Crippen LogP contribution < -0.4 is 10.2 Å². The number of nitrogens with zero attached hydrogens (tertiary/aromatic N) is 2. The zero-order chi connectivity index (χ0) is 20.2. The standard InChI is InChI=1S/C24H37N3/c1-8-11-12-14-19(4)22(10-3)15-13-16-27(7)23-17-24(25-18-20(23)5)26-21(6)9-2/h8,11-14,16-18,21-22H,1,9-10,15H2,2-7H3,(H,25,26)/b12-11-,16-13-,19-14+. The largest absolute Gasteiger partial charge is 0.368 e. The van der Waals surface area contributed by atoms with Gasteiger partial charge in [-0.05, 0) is 57.7 Å². The third kappa shape index (κ3) is 7.86. The molecule has 0 amide bonds. The van der Waals surface area contributed by atoms with E-state index in [4.69, 9.17) is 0 Å². The molecule has 1 aromatic heterocycles. The molecule has 1 rings (SSSR count). The first-order valence-electron chi connectivity index (χ1n) is 10.0. The molecule has 0 saturated carbocycles. The van der Waals surface area contributed by atoms with Gasteiger partial charge in [0.15, 0.2) is 0 Å². The van der Waals surface area contributed by atoms with Gasteiger partial charge in [-0.2, -0.15) is 0 Å². The summed E-state index contributed by atoms with van der Waals surface area (Å²) in [5.41, 5.74) is 3.76. The SMILES string of the molecule is C=C/C=C\C=C(/C)C(CC)C/C=C\N(C)c1cc(NC(C)CC)ncc1C. The summed E-state index contributed by atoms with van der Waals surface area (Å²) >= 11 is 0. The van der Waals surface area contributed by atoms with Crippen molar-refractivity contribution >= 4 is 11.5 Å². The van der Waals surface area contributed by atoms with Gasteiger partial charge in [0.2, 0.25) is 0 Å². The van der Waals surface area contributed by atoms with E-state index in [1.54, 1.807) is 6.08 Å². The summed E-state index contributed by atoms with van der Waals surface area (Å²) in [6.45, 7) is 14.6. The monoisotopic (exact) mass is 367 g/mol. The van der Waals surface area contributed by atoms with E-state index in [-0.39, 0.29) is 0 Å². The number of nitrogens with one attached hydrogen (secondary N) is 1. The van der Waals surface area contributed by atoms with E-state index in [1.807, 2.05) is 12.3 Å². The quantitative estimate of drug-likeness (QED) is 0.443. The van der Waals surface area contributed by atoms with Gasteiger partial charge in [-0.3, -0.25) is 0 Å². The van der Waals surface area contributed by atoms with Crippen LogP contribution in [0.15, 0.2) is 61.0 Å². The van der Waals surface area contributed by atoms with Gasteiger partial charge in [0.25, 0.3) is 0 Å². The summed E-state index contributed by atoms with van der Waals surface area (Å²) in [5.74, 6) is 1.50. The average Bonchev–Trinajstić information content (AvgIpc) is 2.66. The van der Waals surface area contributed by atoms with Gasteiger partial charge in [-0.15, -0.1) is 0 Å². The van der Waals surface area contributed by atoms with Crippen LogP contribution >= 0.6 is 0 Å². The maximum absolute atomic E-state index is 4.51. The highest BCUT2D eigenvalue weighted by molar-refractivity contribution is 5.60. The lowest BCUT2D eigenvalue weighted by molar-refractivity contribution is 0.600. The molecular formula is C24H37N3. The van der Waals surface area contributed by atoms with Crippen LogP contribution in [0.4, 0.5) is 11.5 Å². The maximum Gasteiger partial charge on any atom is 0.128 e. The normalized spacial score (nSPS) is 14.5. The van der Waals surface area contributed by atoms with Gasteiger partial charge < -0.3 is 10.2 Å². The molecule has 1 heterocycles. The van der Waals surface area contributed by atoms with Crippen LogP contribution in [0.3, 0.4) is 0 Å². The molecule has 148 valence electrons. The van der Waals surface area contributed by atoms with Gasteiger partial charge >= 0.3 is 0 Å². The first kappa shape index (κ1) is 22.8. The molecule has 3 heteroatoms. The van der Waals surface area contributed by atoms with Crippen molar-refractivity contribution in [1.29, 1.82) is 0 Å². The molecule has 0 fully saturated rings. The second kappa shape index (κ2) is 12.2. The Morgan fingerprint density at radius 2 is 2.04 bits per heavy atom. The highest BCUT2D eigenvalue weighted by Crippen LogP contribution is 2.24. The summed E-state index contributed by atoms with van der Waals surface area (Å²) in [4.78, 5) is 6.69. The van der Waals surface area contributed by atoms with Gasteiger partial charge in [-0.25, -0.2) is 4.98 Å². The molecule has 0 bridgehead atoms. The molecule has 0 aliphatic heterocycles. The van der Waals surface area contributed by atoms with Crippen molar-refractivity contribution in [2.45, 2.75) is 59.9 Å². The van der Waals surface area contributed by atoms with Crippen molar-refractivity contribution in [3.05, 3.63) is 66.6 Å². The minimum atomic E-state index is 0.420. The number of hydrogen-bond acceptors (Lipinski definition) is 3. The number of anilines is 2. The fraction of sp³-hybridized carbons (Fsp3) is 0.458. The van der Waals surface area contributed by atoms with Gasteiger partial charge in [-0.1, -0.05) is 56.4 Å². The molecule has 0 aliphatic carbocycles. The Bertz CT molecular complexity index is 670. The third-order valence-electron chi connectivity index (χ3n) is 4.95. The lowest BCUT2D eigenvalue weighted by Crippen LogP contribution is -2.16. The van der Waals surface area contributed by atoms with Crippen LogP contribution in [0.1, 0.15) is 52.5 Å². The summed E-state index contributed by atoms with van der Waals surface area (Å²) in [6, 6.07) is 2.55. The van der Waals surface area contributed by atoms with E-state index in [9.17, 15) is 0 Å². The molecule has 0 saturated heterocycles. The molecule has 0 spiro atoms. The zero-order valence-corrected chi connectivity index (χ0v) is 18.0. The number of pyridine rings is 1. The summed E-state index contributed by atoms with van der Waals surface area (Å²) in [6.07, 6.45) is 17.7. The van der Waals surface area contributed by atoms with Crippen molar-refractivity contribution in [1.82, 2.24) is 4.98 Å². The fourth-order valence-electron chi connectivity index (χ4n) is 2.89. The molecular weight excluding hydrogens is 330 g/mol. The predicted molar refractivity (Wildman–Crippen MR) is 121 cm³/mol. The maximum atomic E-state index is 4.51. The molecule has 27 heavy (non-hydrogen) atoms. The topological polar surface area (TPSA) is 28.2 Å². The van der Waals surface area contributed by atoms with E-state index in [0.717, 1.165) is 25.1 Å². The Morgan fingerprint density at radius 3 is 2.67 bits per heavy atom. The highest BCUT2D eigenvalue weighted by Gasteiger charge is 2.08. The van der Waals surface area contributed by atoms with E-state index >= 15 is 0 Å². The highest BCUT2D eigenvalue weighted by atomic mass is 15.1. The lowest BCUT2D eigenvalue weighted by atomic mass is 9.93. The molecule has 2 unspecified atom stereocenters. The number of aromatic nitrogens is 1. The summed E-state index contributed by atoms with van der Waals surface area (Å²) in [5, 5.41) is 3.45. The number of rotatable bonds is 11. The molecule has 0 aromatic carbocycles. The second-order valence-corrected chi connectivity index (χ2v) is 7.18. The Morgan fingerprint density at radius 1 is 1.30 bits per heavy atom. The Kier molecular flexibility index (Phi) is 10.2. The van der Waals surface area contributed by atoms with E-state index < -0.39 is 0 Å². The first-order chi connectivity index (χ1) is 12.9. The van der Waals surface area contributed by atoms with Crippen molar-refractivity contribution < 1.29 is 0 Å². The fourth-order valence-corrected chi connectivity index (χ4v) is 2.89. The van der Waals surface area contributed by atoms with E-state index in [2.05, 4.69) is 93.9 Å². The molecule has 2 atom stereocenters. The number of allylic oxidation sites excluding steroid dienone is 6. The van der Waals surface area contributed by atoms with Gasteiger partial charge in [0, 0.05) is 31.0 Å². The average molecular weight is 368 g/mol. The Labute approximate surface area is 166 Å². The van der Waals surface area contributed by atoms with Crippen molar-refractivity contribution in [3.8, 4) is 0 Å². The first-order valence-corrected chi connectivity index (χ1v) is 10.0. The zero-order valence-electron chi connectivity index (χ0n) is 18.0. The van der Waals surface area contributed by atoms with Crippen LogP contribution in [0.5, 0.6) is 0 Å². The van der Waals surface area contributed by atoms with Crippen LogP contribution in [-0.4, -0.2) is 18.1 Å². The minimum absolute atomic E-state index is 0.420. The van der Waals surface area contributed by atoms with Crippen molar-refractivity contribution in [3.63, 3.8) is 0 Å². The smallest absolute Gasteiger partial charge is 0.128 e. The van der Waals surface area contributed by atoms with Crippen LogP contribution in [-0.2, 0) is 0 Å². The molecule has 1 N–H and O–H groups in total. The minimum Gasteiger partial charge on any atom is -0.368 e. The summed E-state index contributed by atoms with van der Waals surface area (Å²) in [7, 11) is 2.10.